The topological polar surface area (TPSA) is 81.6 Å². The zero-order valence-electron chi connectivity index (χ0n) is 24.2. The number of nitrogens with zero attached hydrogens (tertiary/aromatic N) is 2. The second-order valence-electron chi connectivity index (χ2n) is 9.54. The number of carbonyl (C=O) groups is 1. The van der Waals surface area contributed by atoms with Crippen LogP contribution in [-0.2, 0) is 28.8 Å². The quantitative estimate of drug-likeness (QED) is 0.237. The molecule has 1 aliphatic rings. The minimum atomic E-state index is -4.61. The zero-order valence-corrected chi connectivity index (χ0v) is 24.2. The number of methoxy groups -OCH3 is 4. The Bertz CT molecular complexity index is 1530. The lowest BCUT2D eigenvalue weighted by atomic mass is 9.94. The first kappa shape index (κ1) is 31.2. The summed E-state index contributed by atoms with van der Waals surface area (Å²) in [4.78, 5) is 19.3. The van der Waals surface area contributed by atoms with Crippen molar-refractivity contribution in [2.24, 2.45) is 4.99 Å². The Balaban J connectivity index is 1.87. The van der Waals surface area contributed by atoms with Gasteiger partial charge in [0, 0.05) is 5.70 Å². The first-order valence-electron chi connectivity index (χ1n) is 13.1. The van der Waals surface area contributed by atoms with E-state index in [2.05, 4.69) is 5.32 Å². The number of halogens is 4. The minimum Gasteiger partial charge on any atom is -0.493 e. The molecule has 0 aromatic heterocycles. The smallest absolute Gasteiger partial charge is 0.416 e. The van der Waals surface area contributed by atoms with Crippen molar-refractivity contribution in [1.82, 2.24) is 10.2 Å². The van der Waals surface area contributed by atoms with Gasteiger partial charge < -0.3 is 29.2 Å². The first-order chi connectivity index (χ1) is 20.5. The van der Waals surface area contributed by atoms with Crippen LogP contribution in [0.4, 0.5) is 17.6 Å². The highest BCUT2D eigenvalue weighted by atomic mass is 19.4. The maximum atomic E-state index is 14.3. The first-order valence-corrected chi connectivity index (χ1v) is 13.1. The fraction of sp³-hybridized carbons (Fsp3) is 0.290. The lowest BCUT2D eigenvalue weighted by Crippen LogP contribution is -2.49. The van der Waals surface area contributed by atoms with Crippen LogP contribution >= 0.6 is 0 Å². The summed E-state index contributed by atoms with van der Waals surface area (Å²) in [5, 5.41) is 3.15. The molecule has 1 N–H and O–H groups in total. The Morgan fingerprint density at radius 2 is 1.63 bits per heavy atom. The van der Waals surface area contributed by atoms with Crippen LogP contribution in [0.3, 0.4) is 0 Å². The van der Waals surface area contributed by atoms with Crippen LogP contribution in [0.25, 0.3) is 0 Å². The normalized spacial score (nSPS) is 16.2. The summed E-state index contributed by atoms with van der Waals surface area (Å²) < 4.78 is 77.4. The highest BCUT2D eigenvalue weighted by molar-refractivity contribution is 5.96. The molecule has 0 amide bonds. The van der Waals surface area contributed by atoms with Gasteiger partial charge in [0.2, 0.25) is 5.75 Å². The van der Waals surface area contributed by atoms with E-state index in [4.69, 9.17) is 23.9 Å². The summed E-state index contributed by atoms with van der Waals surface area (Å²) >= 11 is 0. The molecule has 1 unspecified atom stereocenters. The number of guanidine groups is 1. The van der Waals surface area contributed by atoms with Gasteiger partial charge in [-0.2, -0.15) is 13.2 Å². The maximum absolute atomic E-state index is 14.3. The zero-order chi connectivity index (χ0) is 31.3. The standard InChI is InChI=1S/C31H31F4N3O5/c1-18-26(29(39)43-5)27(20-10-8-11-22(32)15-20)37-30(38(18)17-21-9-6-7-12-23(21)31(33,34)35)36-16-19-13-24(40-2)28(42-4)25(14-19)41-3/h6-15,27H,16-17H2,1-5H3,(H,36,37). The van der Waals surface area contributed by atoms with Crippen molar-refractivity contribution in [3.63, 3.8) is 0 Å². The van der Waals surface area contributed by atoms with E-state index >= 15 is 0 Å². The third-order valence-electron chi connectivity index (χ3n) is 6.99. The summed E-state index contributed by atoms with van der Waals surface area (Å²) in [5.41, 5.74) is 0.575. The Hall–Kier alpha value is -4.74. The average Bonchev–Trinajstić information content (AvgIpc) is 2.99. The van der Waals surface area contributed by atoms with Crippen molar-refractivity contribution in [3.05, 3.63) is 100 Å². The summed E-state index contributed by atoms with van der Waals surface area (Å²) in [6.07, 6.45) is -4.61. The molecule has 0 saturated heterocycles. The number of nitrogens with one attached hydrogen (secondary N) is 1. The second-order valence-corrected chi connectivity index (χ2v) is 9.54. The molecule has 1 atom stereocenters. The molecule has 4 rings (SSSR count). The molecule has 12 heteroatoms. The fourth-order valence-electron chi connectivity index (χ4n) is 4.93. The molecule has 3 aromatic carbocycles. The van der Waals surface area contributed by atoms with E-state index in [1.807, 2.05) is 0 Å². The lowest BCUT2D eigenvalue weighted by Gasteiger charge is -2.38. The van der Waals surface area contributed by atoms with Crippen LogP contribution in [0.1, 0.15) is 35.2 Å². The molecule has 3 aromatic rings. The van der Waals surface area contributed by atoms with Gasteiger partial charge in [-0.05, 0) is 53.9 Å². The monoisotopic (exact) mass is 601 g/mol. The van der Waals surface area contributed by atoms with Gasteiger partial charge in [0.25, 0.3) is 0 Å². The molecular formula is C31H31F4N3O5. The molecule has 43 heavy (non-hydrogen) atoms. The third-order valence-corrected chi connectivity index (χ3v) is 6.99. The molecule has 0 bridgehead atoms. The fourth-order valence-corrected chi connectivity index (χ4v) is 4.93. The average molecular weight is 602 g/mol. The number of alkyl halides is 3. The molecular weight excluding hydrogens is 570 g/mol. The van der Waals surface area contributed by atoms with Gasteiger partial charge in [-0.25, -0.2) is 14.2 Å². The summed E-state index contributed by atoms with van der Waals surface area (Å²) in [5.74, 6) is 0.0775. The third kappa shape index (κ3) is 6.68. The van der Waals surface area contributed by atoms with E-state index in [9.17, 15) is 22.4 Å². The van der Waals surface area contributed by atoms with E-state index in [-0.39, 0.29) is 30.2 Å². The number of ether oxygens (including phenoxy) is 4. The van der Waals surface area contributed by atoms with Gasteiger partial charge in [-0.3, -0.25) is 0 Å². The van der Waals surface area contributed by atoms with E-state index < -0.39 is 29.6 Å². The van der Waals surface area contributed by atoms with Crippen molar-refractivity contribution in [1.29, 1.82) is 0 Å². The highest BCUT2D eigenvalue weighted by Gasteiger charge is 2.38. The molecule has 8 nitrogen and oxygen atoms in total. The largest absolute Gasteiger partial charge is 0.493 e. The molecule has 228 valence electrons. The summed E-state index contributed by atoms with van der Waals surface area (Å²) in [6.45, 7) is 1.34. The number of hydrogen-bond donors (Lipinski definition) is 1. The van der Waals surface area contributed by atoms with Crippen molar-refractivity contribution < 1.29 is 41.3 Å². The number of allylic oxidation sites excluding steroid dienone is 1. The van der Waals surface area contributed by atoms with Crippen LogP contribution in [0.15, 0.2) is 76.9 Å². The number of aliphatic imine (C=N–C) groups is 1. The highest BCUT2D eigenvalue weighted by Crippen LogP contribution is 2.39. The molecule has 0 fully saturated rings. The second kappa shape index (κ2) is 13.1. The van der Waals surface area contributed by atoms with E-state index in [1.165, 1.54) is 69.7 Å². The summed E-state index contributed by atoms with van der Waals surface area (Å²) in [6, 6.07) is 13.3. The van der Waals surface area contributed by atoms with Gasteiger partial charge in [0.15, 0.2) is 17.5 Å². The van der Waals surface area contributed by atoms with E-state index in [0.717, 1.165) is 6.07 Å². The number of carbonyl (C=O) groups excluding carboxylic acids is 1. The molecule has 0 radical (unpaired) electrons. The van der Waals surface area contributed by atoms with Crippen LogP contribution in [0.2, 0.25) is 0 Å². The van der Waals surface area contributed by atoms with Gasteiger partial charge >= 0.3 is 12.1 Å². The predicted octanol–water partition coefficient (Wildman–Crippen LogP) is 6.02. The van der Waals surface area contributed by atoms with Crippen molar-refractivity contribution >= 4 is 11.9 Å². The van der Waals surface area contributed by atoms with Crippen LogP contribution < -0.4 is 19.5 Å². The van der Waals surface area contributed by atoms with Crippen molar-refractivity contribution in [2.75, 3.05) is 28.4 Å². The SMILES string of the molecule is COC(=O)C1=C(C)N(Cc2ccccc2C(F)(F)F)C(=NCc2cc(OC)c(OC)c(OC)c2)NC1c1cccc(F)c1. The number of esters is 1. The molecule has 1 aliphatic heterocycles. The Morgan fingerprint density at radius 1 is 0.953 bits per heavy atom. The summed E-state index contributed by atoms with van der Waals surface area (Å²) in [7, 11) is 5.62. The Labute approximate surface area is 246 Å². The van der Waals surface area contributed by atoms with E-state index in [0.29, 0.717) is 34.1 Å². The molecule has 0 spiro atoms. The van der Waals surface area contributed by atoms with Gasteiger partial charge in [-0.15, -0.1) is 0 Å². The molecule has 0 aliphatic carbocycles. The van der Waals surface area contributed by atoms with Gasteiger partial charge in [0.1, 0.15) is 5.82 Å². The van der Waals surface area contributed by atoms with Crippen LogP contribution in [0.5, 0.6) is 17.2 Å². The number of hydrogen-bond acceptors (Lipinski definition) is 6. The lowest BCUT2D eigenvalue weighted by molar-refractivity contribution is -0.139. The number of benzene rings is 3. The van der Waals surface area contributed by atoms with Gasteiger partial charge in [0.05, 0.1) is 58.7 Å². The van der Waals surface area contributed by atoms with Crippen molar-refractivity contribution in [2.45, 2.75) is 32.2 Å². The van der Waals surface area contributed by atoms with Crippen molar-refractivity contribution in [3.8, 4) is 17.2 Å². The molecule has 1 heterocycles. The maximum Gasteiger partial charge on any atom is 0.416 e. The van der Waals surface area contributed by atoms with Gasteiger partial charge in [-0.1, -0.05) is 30.3 Å². The minimum absolute atomic E-state index is 0.0349. The predicted molar refractivity (Wildman–Crippen MR) is 151 cm³/mol. The van der Waals surface area contributed by atoms with E-state index in [1.54, 1.807) is 25.1 Å². The van der Waals surface area contributed by atoms with Crippen LogP contribution in [0, 0.1) is 5.82 Å². The van der Waals surface area contributed by atoms with Crippen LogP contribution in [-0.4, -0.2) is 45.3 Å². The molecule has 0 saturated carbocycles. The Morgan fingerprint density at radius 3 is 2.21 bits per heavy atom. The number of rotatable bonds is 9. The Kier molecular flexibility index (Phi) is 9.47.